The molecule has 0 atom stereocenters. The van der Waals surface area contributed by atoms with Crippen LogP contribution in [0, 0.1) is 10.5 Å². The molecule has 0 unspecified atom stereocenters. The summed E-state index contributed by atoms with van der Waals surface area (Å²) in [7, 11) is -4.58. The summed E-state index contributed by atoms with van der Waals surface area (Å²) in [6.45, 7) is 1.66. The van der Waals surface area contributed by atoms with Gasteiger partial charge in [0, 0.05) is 3.57 Å². The number of halogens is 3. The minimum Gasteiger partial charge on any atom is -0.278 e. The molecule has 0 saturated carbocycles. The summed E-state index contributed by atoms with van der Waals surface area (Å²) < 4.78 is 48.6. The number of anilines is 1. The molecule has 84 valence electrons. The molecule has 0 aliphatic rings. The molecule has 15 heavy (non-hydrogen) atoms. The third-order valence-electron chi connectivity index (χ3n) is 1.75. The van der Waals surface area contributed by atoms with Crippen LogP contribution in [0.15, 0.2) is 18.2 Å². The molecule has 1 N–H and O–H groups in total. The summed E-state index contributed by atoms with van der Waals surface area (Å²) in [6.07, 6.45) is 0. The lowest BCUT2D eigenvalue weighted by atomic mass is 10.2. The maximum Gasteiger partial charge on any atom is 0.355 e. The average molecular weight is 347 g/mol. The predicted octanol–water partition coefficient (Wildman–Crippen LogP) is 2.56. The molecule has 0 heterocycles. The van der Waals surface area contributed by atoms with Gasteiger partial charge in [0.05, 0.1) is 5.69 Å². The largest absolute Gasteiger partial charge is 0.355 e. The standard InChI is InChI=1S/C8H8F2INO2S/c1-5-6(11)3-2-4-7(5)12-15(13,14)8(9)10/h2-4,8,12H,1H3. The van der Waals surface area contributed by atoms with Gasteiger partial charge < -0.3 is 0 Å². The van der Waals surface area contributed by atoms with Crippen molar-refractivity contribution in [2.24, 2.45) is 0 Å². The van der Waals surface area contributed by atoms with Gasteiger partial charge in [-0.05, 0) is 47.2 Å². The Bertz CT molecular complexity index is 462. The first kappa shape index (κ1) is 12.6. The van der Waals surface area contributed by atoms with Crippen molar-refractivity contribution >= 4 is 38.3 Å². The van der Waals surface area contributed by atoms with Crippen molar-refractivity contribution in [2.45, 2.75) is 12.7 Å². The SMILES string of the molecule is Cc1c(I)cccc1NS(=O)(=O)C(F)F. The molecule has 1 aromatic carbocycles. The van der Waals surface area contributed by atoms with Gasteiger partial charge in [0.15, 0.2) is 0 Å². The zero-order chi connectivity index (χ0) is 11.6. The summed E-state index contributed by atoms with van der Waals surface area (Å²) in [5, 5.41) is 0. The Hall–Kier alpha value is -0.440. The van der Waals surface area contributed by atoms with Gasteiger partial charge in [0.2, 0.25) is 0 Å². The summed E-state index contributed by atoms with van der Waals surface area (Å²) in [4.78, 5) is 0. The van der Waals surface area contributed by atoms with Gasteiger partial charge in [0.25, 0.3) is 10.0 Å². The average Bonchev–Trinajstić information content (AvgIpc) is 2.12. The molecule has 0 aliphatic carbocycles. The molecule has 0 aliphatic heterocycles. The maximum absolute atomic E-state index is 12.1. The summed E-state index contributed by atoms with van der Waals surface area (Å²) in [5.41, 5.74) is 0.810. The highest BCUT2D eigenvalue weighted by molar-refractivity contribution is 14.1. The van der Waals surface area contributed by atoms with E-state index in [4.69, 9.17) is 0 Å². The van der Waals surface area contributed by atoms with E-state index >= 15 is 0 Å². The Morgan fingerprint density at radius 1 is 1.40 bits per heavy atom. The topological polar surface area (TPSA) is 46.2 Å². The Morgan fingerprint density at radius 2 is 2.00 bits per heavy atom. The van der Waals surface area contributed by atoms with Crippen LogP contribution in [0.1, 0.15) is 5.56 Å². The van der Waals surface area contributed by atoms with E-state index in [1.165, 1.54) is 6.07 Å². The van der Waals surface area contributed by atoms with Crippen LogP contribution in [0.3, 0.4) is 0 Å². The molecule has 0 saturated heterocycles. The van der Waals surface area contributed by atoms with Crippen molar-refractivity contribution < 1.29 is 17.2 Å². The Balaban J connectivity index is 3.06. The first-order chi connectivity index (χ1) is 6.84. The molecule has 1 rings (SSSR count). The fourth-order valence-electron chi connectivity index (χ4n) is 0.916. The van der Waals surface area contributed by atoms with E-state index in [2.05, 4.69) is 0 Å². The first-order valence-electron chi connectivity index (χ1n) is 3.89. The first-order valence-corrected chi connectivity index (χ1v) is 6.52. The van der Waals surface area contributed by atoms with Crippen molar-refractivity contribution in [3.63, 3.8) is 0 Å². The quantitative estimate of drug-likeness (QED) is 0.855. The molecule has 0 spiro atoms. The van der Waals surface area contributed by atoms with Crippen LogP contribution in [-0.4, -0.2) is 14.2 Å². The summed E-state index contributed by atoms with van der Waals surface area (Å²) >= 11 is 2.00. The highest BCUT2D eigenvalue weighted by atomic mass is 127. The molecule has 0 aromatic heterocycles. The predicted molar refractivity (Wildman–Crippen MR) is 62.4 cm³/mol. The van der Waals surface area contributed by atoms with Crippen molar-refractivity contribution in [1.82, 2.24) is 0 Å². The highest BCUT2D eigenvalue weighted by Crippen LogP contribution is 2.22. The second-order valence-electron chi connectivity index (χ2n) is 2.82. The lowest BCUT2D eigenvalue weighted by Crippen LogP contribution is -2.21. The maximum atomic E-state index is 12.1. The molecule has 1 aromatic rings. The zero-order valence-electron chi connectivity index (χ0n) is 7.67. The van der Waals surface area contributed by atoms with Crippen molar-refractivity contribution in [3.8, 4) is 0 Å². The Morgan fingerprint density at radius 3 is 2.53 bits per heavy atom. The van der Waals surface area contributed by atoms with Crippen LogP contribution in [0.4, 0.5) is 14.5 Å². The van der Waals surface area contributed by atoms with Gasteiger partial charge in [-0.25, -0.2) is 8.42 Å². The number of hydrogen-bond donors (Lipinski definition) is 1. The van der Waals surface area contributed by atoms with Crippen LogP contribution in [-0.2, 0) is 10.0 Å². The van der Waals surface area contributed by atoms with Crippen LogP contribution in [0.5, 0.6) is 0 Å². The van der Waals surface area contributed by atoms with E-state index in [0.29, 0.717) is 5.56 Å². The number of alkyl halides is 2. The molecule has 0 radical (unpaired) electrons. The third kappa shape index (κ3) is 3.00. The minimum atomic E-state index is -4.58. The molecule has 0 amide bonds. The van der Waals surface area contributed by atoms with E-state index in [0.717, 1.165) is 3.57 Å². The normalized spacial score (nSPS) is 11.8. The lowest BCUT2D eigenvalue weighted by molar-refractivity contribution is 0.236. The van der Waals surface area contributed by atoms with Gasteiger partial charge in [-0.2, -0.15) is 8.78 Å². The zero-order valence-corrected chi connectivity index (χ0v) is 10.6. The van der Waals surface area contributed by atoms with E-state index in [9.17, 15) is 17.2 Å². The van der Waals surface area contributed by atoms with Gasteiger partial charge >= 0.3 is 5.76 Å². The minimum absolute atomic E-state index is 0.183. The Labute approximate surface area is 100 Å². The van der Waals surface area contributed by atoms with Crippen molar-refractivity contribution in [2.75, 3.05) is 4.72 Å². The van der Waals surface area contributed by atoms with Crippen LogP contribution in [0.25, 0.3) is 0 Å². The molecule has 0 fully saturated rings. The molecule has 0 bridgehead atoms. The smallest absolute Gasteiger partial charge is 0.278 e. The van der Waals surface area contributed by atoms with E-state index < -0.39 is 15.8 Å². The molecule has 3 nitrogen and oxygen atoms in total. The van der Waals surface area contributed by atoms with Crippen LogP contribution in [0.2, 0.25) is 0 Å². The number of benzene rings is 1. The molecular formula is C8H8F2INO2S. The van der Waals surface area contributed by atoms with Gasteiger partial charge in [-0.15, -0.1) is 0 Å². The number of nitrogens with one attached hydrogen (secondary N) is 1. The fraction of sp³-hybridized carbons (Fsp3) is 0.250. The van der Waals surface area contributed by atoms with Crippen molar-refractivity contribution in [1.29, 1.82) is 0 Å². The van der Waals surface area contributed by atoms with Crippen LogP contribution < -0.4 is 4.72 Å². The number of sulfonamides is 1. The number of rotatable bonds is 3. The van der Waals surface area contributed by atoms with Gasteiger partial charge in [-0.3, -0.25) is 4.72 Å². The van der Waals surface area contributed by atoms with Crippen molar-refractivity contribution in [3.05, 3.63) is 27.3 Å². The monoisotopic (exact) mass is 347 g/mol. The van der Waals surface area contributed by atoms with E-state index in [-0.39, 0.29) is 5.69 Å². The molecular weight excluding hydrogens is 339 g/mol. The van der Waals surface area contributed by atoms with E-state index in [1.807, 2.05) is 27.3 Å². The van der Waals surface area contributed by atoms with Crippen LogP contribution >= 0.6 is 22.6 Å². The van der Waals surface area contributed by atoms with E-state index in [1.54, 1.807) is 19.1 Å². The van der Waals surface area contributed by atoms with Gasteiger partial charge in [0.1, 0.15) is 0 Å². The Kier molecular flexibility index (Phi) is 3.87. The van der Waals surface area contributed by atoms with Gasteiger partial charge in [-0.1, -0.05) is 6.07 Å². The highest BCUT2D eigenvalue weighted by Gasteiger charge is 2.24. The third-order valence-corrected chi connectivity index (χ3v) is 3.90. The summed E-state index contributed by atoms with van der Waals surface area (Å²) in [5.74, 6) is -3.42. The second kappa shape index (κ2) is 4.60. The fourth-order valence-corrected chi connectivity index (χ4v) is 2.03. The molecule has 7 heteroatoms. The number of hydrogen-bond acceptors (Lipinski definition) is 2. The summed E-state index contributed by atoms with van der Waals surface area (Å²) in [6, 6.07) is 4.80. The lowest BCUT2D eigenvalue weighted by Gasteiger charge is -2.10. The second-order valence-corrected chi connectivity index (χ2v) is 5.63.